The number of anilines is 1. The number of nitrogens with one attached hydrogen (secondary N) is 2. The highest BCUT2D eigenvalue weighted by atomic mass is 16.7. The second kappa shape index (κ2) is 8.27. The molecule has 32 heavy (non-hydrogen) atoms. The first-order valence-corrected chi connectivity index (χ1v) is 11.5. The van der Waals surface area contributed by atoms with Crippen molar-refractivity contribution in [2.24, 2.45) is 11.8 Å². The number of piperidine rings is 1. The Balaban J connectivity index is 1.14. The molecule has 1 saturated carbocycles. The van der Waals surface area contributed by atoms with Crippen LogP contribution in [0.4, 0.5) is 10.5 Å². The second-order valence-corrected chi connectivity index (χ2v) is 9.37. The number of ether oxygens (including phenoxy) is 2. The molecule has 172 valence electrons. The summed E-state index contributed by atoms with van der Waals surface area (Å²) in [5.41, 5.74) is -0.0362. The zero-order valence-electron chi connectivity index (χ0n) is 18.4. The predicted octanol–water partition coefficient (Wildman–Crippen LogP) is 2.52. The lowest BCUT2D eigenvalue weighted by molar-refractivity contribution is -0.136. The second-order valence-electron chi connectivity index (χ2n) is 9.37. The van der Waals surface area contributed by atoms with Gasteiger partial charge in [-0.2, -0.15) is 0 Å². The summed E-state index contributed by atoms with van der Waals surface area (Å²) in [5, 5.41) is 5.97. The standard InChI is InChI=1S/C23H30N4O5/c1-15-4-2-3-9-23(15)21(29)27(22(30)25-23)13-26-10-7-16(8-11-26)20(28)24-17-5-6-18-19(12-17)32-14-31-18/h5-6,12,15-16H,2-4,7-11,13-14H2,1H3,(H,24,28)(H,25,30). The van der Waals surface area contributed by atoms with Crippen LogP contribution in [0.15, 0.2) is 18.2 Å². The molecule has 4 amide bonds. The molecule has 0 bridgehead atoms. The summed E-state index contributed by atoms with van der Waals surface area (Å²) in [6.45, 7) is 3.88. The minimum absolute atomic E-state index is 0.0199. The first-order chi connectivity index (χ1) is 15.5. The van der Waals surface area contributed by atoms with Crippen molar-refractivity contribution in [1.82, 2.24) is 15.1 Å². The van der Waals surface area contributed by atoms with E-state index in [1.54, 1.807) is 18.2 Å². The number of amides is 4. The number of hydrogen-bond donors (Lipinski definition) is 2. The number of carbonyl (C=O) groups is 3. The van der Waals surface area contributed by atoms with Crippen LogP contribution >= 0.6 is 0 Å². The summed E-state index contributed by atoms with van der Waals surface area (Å²) >= 11 is 0. The maximum atomic E-state index is 13.2. The molecule has 2 unspecified atom stereocenters. The lowest BCUT2D eigenvalue weighted by Gasteiger charge is -2.37. The van der Waals surface area contributed by atoms with Crippen molar-refractivity contribution in [3.63, 3.8) is 0 Å². The summed E-state index contributed by atoms with van der Waals surface area (Å²) < 4.78 is 10.7. The largest absolute Gasteiger partial charge is 0.454 e. The minimum atomic E-state index is -0.724. The number of urea groups is 1. The minimum Gasteiger partial charge on any atom is -0.454 e. The maximum Gasteiger partial charge on any atom is 0.326 e. The highest BCUT2D eigenvalue weighted by molar-refractivity contribution is 6.07. The molecule has 0 aromatic heterocycles. The smallest absolute Gasteiger partial charge is 0.326 e. The molecule has 9 nitrogen and oxygen atoms in total. The first-order valence-electron chi connectivity index (χ1n) is 11.5. The van der Waals surface area contributed by atoms with Crippen LogP contribution in [0.1, 0.15) is 45.4 Å². The van der Waals surface area contributed by atoms with E-state index in [0.29, 0.717) is 43.1 Å². The number of benzene rings is 1. The summed E-state index contributed by atoms with van der Waals surface area (Å²) in [6.07, 6.45) is 5.12. The van der Waals surface area contributed by atoms with Gasteiger partial charge in [0.1, 0.15) is 5.54 Å². The quantitative estimate of drug-likeness (QED) is 0.695. The van der Waals surface area contributed by atoms with Gasteiger partial charge in [0.05, 0.1) is 6.67 Å². The van der Waals surface area contributed by atoms with Crippen LogP contribution in [0.5, 0.6) is 11.5 Å². The van der Waals surface area contributed by atoms with Gasteiger partial charge in [-0.1, -0.05) is 19.8 Å². The molecular weight excluding hydrogens is 412 g/mol. The van der Waals surface area contributed by atoms with Gasteiger partial charge in [0.2, 0.25) is 12.7 Å². The highest BCUT2D eigenvalue weighted by Gasteiger charge is 2.55. The molecule has 3 heterocycles. The number of rotatable bonds is 4. The van der Waals surface area contributed by atoms with Gasteiger partial charge in [-0.3, -0.25) is 14.5 Å². The van der Waals surface area contributed by atoms with Gasteiger partial charge in [0.25, 0.3) is 5.91 Å². The van der Waals surface area contributed by atoms with Crippen LogP contribution in [0.3, 0.4) is 0 Å². The van der Waals surface area contributed by atoms with Crippen LogP contribution in [0, 0.1) is 11.8 Å². The zero-order chi connectivity index (χ0) is 22.3. The van der Waals surface area contributed by atoms with Crippen LogP contribution in [0.2, 0.25) is 0 Å². The number of fused-ring (bicyclic) bond motifs is 1. The Hall–Kier alpha value is -2.81. The normalized spacial score (nSPS) is 28.3. The lowest BCUT2D eigenvalue weighted by Crippen LogP contribution is -2.54. The summed E-state index contributed by atoms with van der Waals surface area (Å²) in [7, 11) is 0. The highest BCUT2D eigenvalue weighted by Crippen LogP contribution is 2.38. The number of imide groups is 1. The summed E-state index contributed by atoms with van der Waals surface area (Å²) in [5.74, 6) is 1.26. The fourth-order valence-electron chi connectivity index (χ4n) is 5.38. The number of carbonyl (C=O) groups excluding carboxylic acids is 3. The van der Waals surface area contributed by atoms with E-state index < -0.39 is 5.54 Å². The van der Waals surface area contributed by atoms with Crippen molar-refractivity contribution in [2.45, 2.75) is 51.0 Å². The van der Waals surface area contributed by atoms with E-state index in [-0.39, 0.29) is 43.1 Å². The van der Waals surface area contributed by atoms with Crippen molar-refractivity contribution in [3.05, 3.63) is 18.2 Å². The Morgan fingerprint density at radius 2 is 1.94 bits per heavy atom. The third kappa shape index (κ3) is 3.68. The van der Waals surface area contributed by atoms with Crippen LogP contribution in [-0.2, 0) is 9.59 Å². The molecule has 2 N–H and O–H groups in total. The van der Waals surface area contributed by atoms with E-state index >= 15 is 0 Å². The molecule has 3 aliphatic heterocycles. The van der Waals surface area contributed by atoms with Gasteiger partial charge in [-0.05, 0) is 43.7 Å². The summed E-state index contributed by atoms with van der Waals surface area (Å²) in [4.78, 5) is 42.0. The van der Waals surface area contributed by atoms with Crippen LogP contribution in [0.25, 0.3) is 0 Å². The third-order valence-electron chi connectivity index (χ3n) is 7.44. The molecule has 3 fully saturated rings. The number of likely N-dealkylation sites (tertiary alicyclic amines) is 1. The molecule has 5 rings (SSSR count). The van der Waals surface area contributed by atoms with Gasteiger partial charge in [-0.25, -0.2) is 9.69 Å². The molecule has 0 radical (unpaired) electrons. The molecule has 1 aromatic carbocycles. The van der Waals surface area contributed by atoms with Crippen molar-refractivity contribution in [3.8, 4) is 11.5 Å². The zero-order valence-corrected chi connectivity index (χ0v) is 18.4. The molecule has 1 aliphatic carbocycles. The van der Waals surface area contributed by atoms with Crippen molar-refractivity contribution >= 4 is 23.5 Å². The Labute approximate surface area is 187 Å². The first kappa shape index (κ1) is 21.1. The molecule has 4 aliphatic rings. The average molecular weight is 443 g/mol. The Morgan fingerprint density at radius 1 is 1.16 bits per heavy atom. The fourth-order valence-corrected chi connectivity index (χ4v) is 5.38. The van der Waals surface area contributed by atoms with Crippen molar-refractivity contribution < 1.29 is 23.9 Å². The number of hydrogen-bond acceptors (Lipinski definition) is 6. The lowest BCUT2D eigenvalue weighted by atomic mass is 9.73. The topological polar surface area (TPSA) is 100 Å². The molecule has 9 heteroatoms. The van der Waals surface area contributed by atoms with Gasteiger partial charge in [0.15, 0.2) is 11.5 Å². The third-order valence-corrected chi connectivity index (χ3v) is 7.44. The van der Waals surface area contributed by atoms with Gasteiger partial charge >= 0.3 is 6.03 Å². The van der Waals surface area contributed by atoms with E-state index in [1.807, 2.05) is 0 Å². The number of nitrogens with zero attached hydrogens (tertiary/aromatic N) is 2. The van der Waals surface area contributed by atoms with Crippen molar-refractivity contribution in [2.75, 3.05) is 31.9 Å². The van der Waals surface area contributed by atoms with E-state index in [0.717, 1.165) is 25.7 Å². The Bertz CT molecular complexity index is 929. The molecular formula is C23H30N4O5. The Morgan fingerprint density at radius 3 is 2.72 bits per heavy atom. The predicted molar refractivity (Wildman–Crippen MR) is 116 cm³/mol. The summed E-state index contributed by atoms with van der Waals surface area (Å²) in [6, 6.07) is 5.08. The van der Waals surface area contributed by atoms with E-state index in [2.05, 4.69) is 22.5 Å². The fraction of sp³-hybridized carbons (Fsp3) is 0.609. The monoisotopic (exact) mass is 442 g/mol. The van der Waals surface area contributed by atoms with Crippen LogP contribution in [-0.4, -0.2) is 59.7 Å². The molecule has 2 saturated heterocycles. The molecule has 1 spiro atoms. The molecule has 2 atom stereocenters. The van der Waals surface area contributed by atoms with Gasteiger partial charge in [0, 0.05) is 30.8 Å². The average Bonchev–Trinajstić information content (AvgIpc) is 3.35. The van der Waals surface area contributed by atoms with E-state index in [1.165, 1.54) is 4.90 Å². The van der Waals surface area contributed by atoms with Gasteiger partial charge < -0.3 is 20.1 Å². The van der Waals surface area contributed by atoms with Crippen LogP contribution < -0.4 is 20.1 Å². The Kier molecular flexibility index (Phi) is 5.44. The SMILES string of the molecule is CC1CCCCC12NC(=O)N(CN1CCC(C(=O)Nc3ccc4c(c3)OCO4)CC1)C2=O. The molecule has 1 aromatic rings. The van der Waals surface area contributed by atoms with Gasteiger partial charge in [-0.15, -0.1) is 0 Å². The maximum absolute atomic E-state index is 13.2. The van der Waals surface area contributed by atoms with Crippen molar-refractivity contribution in [1.29, 1.82) is 0 Å². The van der Waals surface area contributed by atoms with E-state index in [9.17, 15) is 14.4 Å². The van der Waals surface area contributed by atoms with E-state index in [4.69, 9.17) is 9.47 Å².